The molecular formula is C5H14Cl2N2O2S. The van der Waals surface area contributed by atoms with Crippen molar-refractivity contribution in [3.63, 3.8) is 0 Å². The fraction of sp³-hybridized carbons (Fsp3) is 1.00. The number of hydrogen-bond donors (Lipinski definition) is 2. The van der Waals surface area contributed by atoms with Crippen molar-refractivity contribution in [2.75, 3.05) is 13.1 Å². The molecule has 3 N–H and O–H groups in total. The second kappa shape index (κ2) is 5.99. The van der Waals surface area contributed by atoms with Crippen molar-refractivity contribution >= 4 is 34.8 Å². The van der Waals surface area contributed by atoms with Crippen LogP contribution >= 0.6 is 24.8 Å². The Kier molecular flexibility index (Phi) is 7.46. The average molecular weight is 237 g/mol. The summed E-state index contributed by atoms with van der Waals surface area (Å²) in [6.45, 7) is 1.53. The summed E-state index contributed by atoms with van der Waals surface area (Å²) in [7, 11) is -3.27. The molecule has 0 atom stereocenters. The Morgan fingerprint density at radius 1 is 1.17 bits per heavy atom. The summed E-state index contributed by atoms with van der Waals surface area (Å²) in [5.74, 6) is 0. The Morgan fingerprint density at radius 3 is 1.83 bits per heavy atom. The highest BCUT2D eigenvalue weighted by Crippen LogP contribution is 2.08. The highest BCUT2D eigenvalue weighted by molar-refractivity contribution is 7.89. The van der Waals surface area contributed by atoms with Gasteiger partial charge in [-0.2, -0.15) is 0 Å². The van der Waals surface area contributed by atoms with E-state index in [9.17, 15) is 8.42 Å². The number of primary sulfonamides is 1. The number of piperidine rings is 1. The SMILES string of the molecule is Cl.Cl.NS(=O)(=O)C1CCNCC1. The van der Waals surface area contributed by atoms with Gasteiger partial charge in [0.25, 0.3) is 0 Å². The van der Waals surface area contributed by atoms with Gasteiger partial charge in [-0.25, -0.2) is 13.6 Å². The minimum atomic E-state index is -3.27. The highest BCUT2D eigenvalue weighted by atomic mass is 35.5. The van der Waals surface area contributed by atoms with E-state index in [2.05, 4.69) is 5.32 Å². The molecule has 0 bridgehead atoms. The van der Waals surface area contributed by atoms with Gasteiger partial charge >= 0.3 is 0 Å². The lowest BCUT2D eigenvalue weighted by atomic mass is 10.2. The largest absolute Gasteiger partial charge is 0.317 e. The Hall–Kier alpha value is 0.450. The molecule has 0 radical (unpaired) electrons. The van der Waals surface area contributed by atoms with Crippen molar-refractivity contribution < 1.29 is 8.42 Å². The van der Waals surface area contributed by atoms with E-state index in [1.54, 1.807) is 0 Å². The molecule has 0 spiro atoms. The molecule has 0 unspecified atom stereocenters. The zero-order valence-electron chi connectivity index (χ0n) is 6.52. The van der Waals surface area contributed by atoms with Gasteiger partial charge in [0.2, 0.25) is 10.0 Å². The molecule has 0 amide bonds. The molecule has 1 aliphatic rings. The van der Waals surface area contributed by atoms with Crippen LogP contribution in [0.5, 0.6) is 0 Å². The Bertz CT molecular complexity index is 201. The van der Waals surface area contributed by atoms with Crippen LogP contribution in [-0.4, -0.2) is 26.8 Å². The second-order valence-electron chi connectivity index (χ2n) is 2.54. The van der Waals surface area contributed by atoms with Gasteiger partial charge in [0.1, 0.15) is 0 Å². The molecule has 0 aliphatic carbocycles. The van der Waals surface area contributed by atoms with Gasteiger partial charge in [-0.05, 0) is 25.9 Å². The summed E-state index contributed by atoms with van der Waals surface area (Å²) < 4.78 is 21.5. The molecule has 76 valence electrons. The maximum atomic E-state index is 10.7. The van der Waals surface area contributed by atoms with Crippen LogP contribution in [-0.2, 0) is 10.0 Å². The van der Waals surface area contributed by atoms with Crippen molar-refractivity contribution in [3.8, 4) is 0 Å². The first-order chi connectivity index (χ1) is 4.61. The van der Waals surface area contributed by atoms with Crippen LogP contribution < -0.4 is 10.5 Å². The van der Waals surface area contributed by atoms with Gasteiger partial charge in [-0.15, -0.1) is 24.8 Å². The number of sulfonamides is 1. The molecule has 0 saturated carbocycles. The van der Waals surface area contributed by atoms with Crippen LogP contribution in [0.1, 0.15) is 12.8 Å². The van der Waals surface area contributed by atoms with E-state index >= 15 is 0 Å². The lowest BCUT2D eigenvalue weighted by molar-refractivity contribution is 0.497. The summed E-state index contributed by atoms with van der Waals surface area (Å²) in [5, 5.41) is 7.71. The number of hydrogen-bond acceptors (Lipinski definition) is 3. The van der Waals surface area contributed by atoms with Crippen molar-refractivity contribution in [2.45, 2.75) is 18.1 Å². The third-order valence-electron chi connectivity index (χ3n) is 1.75. The molecule has 1 fully saturated rings. The van der Waals surface area contributed by atoms with Crippen molar-refractivity contribution in [2.24, 2.45) is 5.14 Å². The number of nitrogens with one attached hydrogen (secondary N) is 1. The van der Waals surface area contributed by atoms with Crippen LogP contribution in [0.4, 0.5) is 0 Å². The molecule has 1 rings (SSSR count). The van der Waals surface area contributed by atoms with Crippen LogP contribution in [0.3, 0.4) is 0 Å². The maximum Gasteiger partial charge on any atom is 0.212 e. The van der Waals surface area contributed by atoms with Crippen LogP contribution in [0.25, 0.3) is 0 Å². The molecule has 0 aromatic rings. The standard InChI is InChI=1S/C5H12N2O2S.2ClH/c6-10(8,9)5-1-3-7-4-2-5;;/h5,7H,1-4H2,(H2,6,8,9);2*1H. The highest BCUT2D eigenvalue weighted by Gasteiger charge is 2.22. The van der Waals surface area contributed by atoms with E-state index in [1.165, 1.54) is 0 Å². The number of rotatable bonds is 1. The van der Waals surface area contributed by atoms with Gasteiger partial charge in [-0.3, -0.25) is 0 Å². The summed E-state index contributed by atoms with van der Waals surface area (Å²) in [4.78, 5) is 0. The third-order valence-corrected chi connectivity index (χ3v) is 3.15. The number of halogens is 2. The van der Waals surface area contributed by atoms with Crippen molar-refractivity contribution in [1.29, 1.82) is 0 Å². The average Bonchev–Trinajstić information content (AvgIpc) is 1.88. The van der Waals surface area contributed by atoms with Crippen molar-refractivity contribution in [1.82, 2.24) is 5.32 Å². The number of nitrogens with two attached hydrogens (primary N) is 1. The fourth-order valence-corrected chi connectivity index (χ4v) is 2.02. The van der Waals surface area contributed by atoms with E-state index in [0.29, 0.717) is 12.8 Å². The molecule has 7 heteroatoms. The Labute approximate surface area is 85.1 Å². The van der Waals surface area contributed by atoms with Crippen LogP contribution in [0, 0.1) is 0 Å². The molecular weight excluding hydrogens is 223 g/mol. The van der Waals surface area contributed by atoms with Gasteiger partial charge in [-0.1, -0.05) is 0 Å². The Balaban J connectivity index is 0. The van der Waals surface area contributed by atoms with Gasteiger partial charge in [0.05, 0.1) is 5.25 Å². The Morgan fingerprint density at radius 2 is 1.58 bits per heavy atom. The third kappa shape index (κ3) is 4.47. The van der Waals surface area contributed by atoms with Crippen LogP contribution in [0.15, 0.2) is 0 Å². The zero-order valence-corrected chi connectivity index (χ0v) is 8.97. The van der Waals surface area contributed by atoms with Gasteiger partial charge in [0, 0.05) is 0 Å². The molecule has 1 heterocycles. The lowest BCUT2D eigenvalue weighted by Crippen LogP contribution is -2.38. The van der Waals surface area contributed by atoms with E-state index in [-0.39, 0.29) is 30.1 Å². The maximum absolute atomic E-state index is 10.7. The van der Waals surface area contributed by atoms with E-state index in [4.69, 9.17) is 5.14 Å². The van der Waals surface area contributed by atoms with E-state index in [0.717, 1.165) is 13.1 Å². The summed E-state index contributed by atoms with van der Waals surface area (Å²) in [6, 6.07) is 0. The smallest absolute Gasteiger partial charge is 0.212 e. The van der Waals surface area contributed by atoms with Crippen molar-refractivity contribution in [3.05, 3.63) is 0 Å². The first kappa shape index (κ1) is 14.9. The predicted molar refractivity (Wildman–Crippen MR) is 53.5 cm³/mol. The second-order valence-corrected chi connectivity index (χ2v) is 4.38. The van der Waals surface area contributed by atoms with Crippen LogP contribution in [0.2, 0.25) is 0 Å². The fourth-order valence-electron chi connectivity index (χ4n) is 1.12. The predicted octanol–water partition coefficient (Wildman–Crippen LogP) is -0.130. The molecule has 1 aliphatic heterocycles. The zero-order chi connectivity index (χ0) is 7.61. The topological polar surface area (TPSA) is 72.2 Å². The molecule has 4 nitrogen and oxygen atoms in total. The van der Waals surface area contributed by atoms with Gasteiger partial charge in [0.15, 0.2) is 0 Å². The monoisotopic (exact) mass is 236 g/mol. The summed E-state index contributed by atoms with van der Waals surface area (Å²) in [6.07, 6.45) is 1.30. The van der Waals surface area contributed by atoms with E-state index in [1.807, 2.05) is 0 Å². The normalized spacial score (nSPS) is 19.1. The molecule has 12 heavy (non-hydrogen) atoms. The molecule has 0 aromatic carbocycles. The van der Waals surface area contributed by atoms with Gasteiger partial charge < -0.3 is 5.32 Å². The summed E-state index contributed by atoms with van der Waals surface area (Å²) in [5.41, 5.74) is 0. The molecule has 1 saturated heterocycles. The first-order valence-electron chi connectivity index (χ1n) is 3.33. The minimum absolute atomic E-state index is 0. The minimum Gasteiger partial charge on any atom is -0.317 e. The molecule has 0 aromatic heterocycles. The first-order valence-corrected chi connectivity index (χ1v) is 4.94. The lowest BCUT2D eigenvalue weighted by Gasteiger charge is -2.19. The quantitative estimate of drug-likeness (QED) is 0.667. The summed E-state index contributed by atoms with van der Waals surface area (Å²) >= 11 is 0. The van der Waals surface area contributed by atoms with E-state index < -0.39 is 10.0 Å².